The van der Waals surface area contributed by atoms with Gasteiger partial charge in [-0.3, -0.25) is 9.59 Å². The summed E-state index contributed by atoms with van der Waals surface area (Å²) in [5.74, 6) is -0.0671. The number of nitrogens with zero attached hydrogens (tertiary/aromatic N) is 2. The van der Waals surface area contributed by atoms with Gasteiger partial charge in [0.15, 0.2) is 5.54 Å². The zero-order valence-electron chi connectivity index (χ0n) is 16.7. The summed E-state index contributed by atoms with van der Waals surface area (Å²) in [6.07, 6.45) is 1.97. The van der Waals surface area contributed by atoms with E-state index in [0.29, 0.717) is 11.6 Å². The van der Waals surface area contributed by atoms with Crippen molar-refractivity contribution in [3.05, 3.63) is 70.4 Å². The topological polar surface area (TPSA) is 56.4 Å². The van der Waals surface area contributed by atoms with Gasteiger partial charge in [0.2, 0.25) is 5.91 Å². The lowest BCUT2D eigenvalue weighted by atomic mass is 9.76. The molecule has 5 nitrogen and oxygen atoms in total. The highest BCUT2D eigenvalue weighted by molar-refractivity contribution is 6.31. The molecule has 3 aromatic rings. The summed E-state index contributed by atoms with van der Waals surface area (Å²) in [7, 11) is 0. The molecule has 6 rings (SSSR count). The Balaban J connectivity index is 1.62. The van der Waals surface area contributed by atoms with Crippen LogP contribution in [0, 0.1) is 0 Å². The van der Waals surface area contributed by atoms with Crippen LogP contribution in [0.3, 0.4) is 0 Å². The van der Waals surface area contributed by atoms with Crippen LogP contribution in [0.15, 0.2) is 48.5 Å². The van der Waals surface area contributed by atoms with Crippen LogP contribution in [0.4, 0.5) is 0 Å². The number of piperazine rings is 1. The summed E-state index contributed by atoms with van der Waals surface area (Å²) >= 11 is 6.60. The van der Waals surface area contributed by atoms with E-state index in [4.69, 9.17) is 11.6 Å². The number of hydrogen-bond donors (Lipinski definition) is 1. The van der Waals surface area contributed by atoms with E-state index in [-0.39, 0.29) is 30.3 Å². The number of nitrogens with one attached hydrogen (secondary N) is 1. The van der Waals surface area contributed by atoms with Crippen LogP contribution in [0.2, 0.25) is 5.02 Å². The van der Waals surface area contributed by atoms with E-state index < -0.39 is 5.54 Å². The average Bonchev–Trinajstić information content (AvgIpc) is 3.51. The molecule has 0 unspecified atom stereocenters. The van der Waals surface area contributed by atoms with Gasteiger partial charge in [-0.1, -0.05) is 48.0 Å². The molecule has 1 aliphatic carbocycles. The van der Waals surface area contributed by atoms with E-state index in [1.54, 1.807) is 9.80 Å². The lowest BCUT2D eigenvalue weighted by Crippen LogP contribution is -2.67. The predicted octanol–water partition coefficient (Wildman–Crippen LogP) is 4.02. The number of fused-ring (bicyclic) bond motifs is 5. The van der Waals surface area contributed by atoms with Crippen LogP contribution in [0.25, 0.3) is 10.9 Å². The number of para-hydroxylation sites is 1. The van der Waals surface area contributed by atoms with Crippen LogP contribution in [-0.4, -0.2) is 45.7 Å². The Hall–Kier alpha value is -2.79. The molecule has 1 aromatic heterocycles. The van der Waals surface area contributed by atoms with Crippen LogP contribution in [0.5, 0.6) is 0 Å². The smallest absolute Gasteiger partial charge is 0.255 e. The molecular weight excluding hydrogens is 398 g/mol. The highest BCUT2D eigenvalue weighted by Gasteiger charge is 2.58. The van der Waals surface area contributed by atoms with Gasteiger partial charge in [0.25, 0.3) is 5.91 Å². The van der Waals surface area contributed by atoms with E-state index in [9.17, 15) is 9.59 Å². The van der Waals surface area contributed by atoms with Crippen LogP contribution < -0.4 is 0 Å². The van der Waals surface area contributed by atoms with Gasteiger partial charge in [-0.15, -0.1) is 0 Å². The largest absolute Gasteiger partial charge is 0.356 e. The molecule has 2 amide bonds. The summed E-state index contributed by atoms with van der Waals surface area (Å²) in [6.45, 7) is 2.51. The molecule has 1 saturated heterocycles. The summed E-state index contributed by atoms with van der Waals surface area (Å²) in [5.41, 5.74) is 2.84. The Morgan fingerprint density at radius 2 is 1.80 bits per heavy atom. The van der Waals surface area contributed by atoms with Gasteiger partial charge in [-0.2, -0.15) is 0 Å². The molecule has 1 N–H and O–H groups in total. The van der Waals surface area contributed by atoms with Crippen molar-refractivity contribution in [1.29, 1.82) is 0 Å². The van der Waals surface area contributed by atoms with Crippen molar-refractivity contribution >= 4 is 34.3 Å². The minimum absolute atomic E-state index is 0.00496. The summed E-state index contributed by atoms with van der Waals surface area (Å²) < 4.78 is 0. The van der Waals surface area contributed by atoms with Gasteiger partial charge in [-0.25, -0.2) is 0 Å². The Labute approximate surface area is 179 Å². The molecular formula is C24H22ClN3O2. The van der Waals surface area contributed by atoms with E-state index in [1.807, 2.05) is 49.4 Å². The number of aromatic nitrogens is 1. The number of aromatic amines is 1. The van der Waals surface area contributed by atoms with Crippen molar-refractivity contribution in [3.8, 4) is 0 Å². The standard InChI is InChI=1S/C24H22ClN3O2/c1-24-22-21(16-7-3-5-9-19(16)26-22)17(15-6-2-4-8-18(15)25)12-28(24)20(29)13-27(23(24)30)14-10-11-14/h2-9,14,17,26H,10-13H2,1H3/t17-,24-/m1/s1. The number of halogens is 1. The van der Waals surface area contributed by atoms with E-state index in [1.165, 1.54) is 0 Å². The molecule has 152 valence electrons. The van der Waals surface area contributed by atoms with Gasteiger partial charge in [0, 0.05) is 34.4 Å². The third-order valence-electron chi connectivity index (χ3n) is 7.04. The molecule has 3 heterocycles. The number of H-pyrrole nitrogens is 1. The zero-order valence-corrected chi connectivity index (χ0v) is 17.4. The number of amides is 2. The summed E-state index contributed by atoms with van der Waals surface area (Å²) in [4.78, 5) is 34.1. The molecule has 2 atom stereocenters. The lowest BCUT2D eigenvalue weighted by Gasteiger charge is -2.51. The quantitative estimate of drug-likeness (QED) is 0.682. The fourth-order valence-corrected chi connectivity index (χ4v) is 5.62. The fourth-order valence-electron chi connectivity index (χ4n) is 5.35. The number of benzene rings is 2. The number of carbonyl (C=O) groups excluding carboxylic acids is 2. The van der Waals surface area contributed by atoms with Crippen LogP contribution >= 0.6 is 11.6 Å². The van der Waals surface area contributed by atoms with Gasteiger partial charge in [-0.05, 0) is 43.0 Å². The van der Waals surface area contributed by atoms with E-state index >= 15 is 0 Å². The second kappa shape index (κ2) is 6.11. The Morgan fingerprint density at radius 1 is 1.07 bits per heavy atom. The van der Waals surface area contributed by atoms with E-state index in [2.05, 4.69) is 11.1 Å². The monoisotopic (exact) mass is 419 g/mol. The van der Waals surface area contributed by atoms with Crippen LogP contribution in [0.1, 0.15) is 42.5 Å². The second-order valence-electron chi connectivity index (χ2n) is 8.77. The molecule has 1 saturated carbocycles. The molecule has 6 heteroatoms. The third kappa shape index (κ3) is 2.30. The Morgan fingerprint density at radius 3 is 2.57 bits per heavy atom. The summed E-state index contributed by atoms with van der Waals surface area (Å²) in [6, 6.07) is 16.1. The van der Waals surface area contributed by atoms with Crippen molar-refractivity contribution in [2.24, 2.45) is 0 Å². The zero-order chi connectivity index (χ0) is 20.6. The first-order valence-electron chi connectivity index (χ1n) is 10.5. The number of hydrogen-bond acceptors (Lipinski definition) is 2. The highest BCUT2D eigenvalue weighted by Crippen LogP contribution is 2.50. The SMILES string of the molecule is C[C@@]12C(=O)N(C3CC3)CC(=O)N1C[C@H](c1ccccc1Cl)c1c2[nH]c2ccccc12. The maximum atomic E-state index is 13.7. The Kier molecular flexibility index (Phi) is 3.67. The molecule has 2 fully saturated rings. The van der Waals surface area contributed by atoms with Gasteiger partial charge in [0.1, 0.15) is 6.54 Å². The fraction of sp³-hybridized carbons (Fsp3) is 0.333. The van der Waals surface area contributed by atoms with Crippen LogP contribution in [-0.2, 0) is 15.1 Å². The van der Waals surface area contributed by atoms with Crippen molar-refractivity contribution in [2.45, 2.75) is 37.3 Å². The molecule has 0 spiro atoms. The molecule has 0 radical (unpaired) electrons. The lowest BCUT2D eigenvalue weighted by molar-refractivity contribution is -0.166. The number of rotatable bonds is 2. The average molecular weight is 420 g/mol. The van der Waals surface area contributed by atoms with Crippen molar-refractivity contribution < 1.29 is 9.59 Å². The normalized spacial score (nSPS) is 26.1. The third-order valence-corrected chi connectivity index (χ3v) is 7.38. The van der Waals surface area contributed by atoms with Gasteiger partial charge < -0.3 is 14.8 Å². The molecule has 2 aliphatic heterocycles. The first kappa shape index (κ1) is 18.0. The van der Waals surface area contributed by atoms with E-state index in [0.717, 1.165) is 40.6 Å². The molecule has 2 aromatic carbocycles. The first-order chi connectivity index (χ1) is 14.5. The van der Waals surface area contributed by atoms with Crippen molar-refractivity contribution in [3.63, 3.8) is 0 Å². The number of carbonyl (C=O) groups is 2. The minimum Gasteiger partial charge on any atom is -0.356 e. The highest BCUT2D eigenvalue weighted by atomic mass is 35.5. The maximum absolute atomic E-state index is 13.7. The predicted molar refractivity (Wildman–Crippen MR) is 115 cm³/mol. The Bertz CT molecular complexity index is 1210. The van der Waals surface area contributed by atoms with Gasteiger partial charge >= 0.3 is 0 Å². The van der Waals surface area contributed by atoms with Crippen molar-refractivity contribution in [1.82, 2.24) is 14.8 Å². The van der Waals surface area contributed by atoms with Gasteiger partial charge in [0.05, 0.1) is 5.69 Å². The molecule has 0 bridgehead atoms. The first-order valence-corrected chi connectivity index (χ1v) is 10.8. The molecule has 30 heavy (non-hydrogen) atoms. The second-order valence-corrected chi connectivity index (χ2v) is 9.18. The molecule has 3 aliphatic rings. The summed E-state index contributed by atoms with van der Waals surface area (Å²) in [5, 5.41) is 1.76. The maximum Gasteiger partial charge on any atom is 0.255 e. The minimum atomic E-state index is -1.02. The van der Waals surface area contributed by atoms with Crippen molar-refractivity contribution in [2.75, 3.05) is 13.1 Å².